The van der Waals surface area contributed by atoms with Crippen molar-refractivity contribution >= 4 is 33.7 Å². The van der Waals surface area contributed by atoms with E-state index in [1.165, 1.54) is 0 Å². The van der Waals surface area contributed by atoms with Gasteiger partial charge in [-0.1, -0.05) is 22.5 Å². The van der Waals surface area contributed by atoms with E-state index >= 15 is 0 Å². The van der Waals surface area contributed by atoms with E-state index in [1.54, 1.807) is 0 Å². The standard InChI is InChI=1S/C10H14BrN3O3/c1-5(11)4-7(9(12)16)14-10(17)6-2-3-8(15)13-6/h6-7H,1-4H2,(H2,12,16)(H,13,15)(H,14,17)/t6-,7+/m1/s1. The Morgan fingerprint density at radius 3 is 2.71 bits per heavy atom. The van der Waals surface area contributed by atoms with Gasteiger partial charge in [-0.3, -0.25) is 14.4 Å². The maximum Gasteiger partial charge on any atom is 0.243 e. The van der Waals surface area contributed by atoms with E-state index in [9.17, 15) is 14.4 Å². The maximum atomic E-state index is 11.7. The van der Waals surface area contributed by atoms with Crippen molar-refractivity contribution in [2.24, 2.45) is 5.73 Å². The lowest BCUT2D eigenvalue weighted by Crippen LogP contribution is -2.50. The van der Waals surface area contributed by atoms with Crippen LogP contribution in [0.2, 0.25) is 0 Å². The number of halogens is 1. The number of nitrogens with one attached hydrogen (secondary N) is 2. The zero-order valence-corrected chi connectivity index (χ0v) is 10.7. The number of hydrogen-bond donors (Lipinski definition) is 3. The summed E-state index contributed by atoms with van der Waals surface area (Å²) in [6.45, 7) is 3.58. The molecule has 1 fully saturated rings. The van der Waals surface area contributed by atoms with Crippen molar-refractivity contribution in [1.82, 2.24) is 10.6 Å². The van der Waals surface area contributed by atoms with E-state index in [-0.39, 0.29) is 12.3 Å². The van der Waals surface area contributed by atoms with Crippen LogP contribution in [0, 0.1) is 0 Å². The lowest BCUT2D eigenvalue weighted by molar-refractivity contribution is -0.129. The lowest BCUT2D eigenvalue weighted by atomic mass is 10.1. The second kappa shape index (κ2) is 5.81. The molecule has 1 saturated heterocycles. The van der Waals surface area contributed by atoms with Crippen LogP contribution in [0.1, 0.15) is 19.3 Å². The number of carbonyl (C=O) groups is 3. The zero-order valence-electron chi connectivity index (χ0n) is 9.16. The van der Waals surface area contributed by atoms with Gasteiger partial charge in [0.05, 0.1) is 0 Å². The van der Waals surface area contributed by atoms with Crippen molar-refractivity contribution in [3.05, 3.63) is 11.1 Å². The van der Waals surface area contributed by atoms with E-state index in [2.05, 4.69) is 33.1 Å². The number of hydrogen-bond acceptors (Lipinski definition) is 3. The molecular weight excluding hydrogens is 290 g/mol. The molecule has 1 aliphatic heterocycles. The topological polar surface area (TPSA) is 101 Å². The second-order valence-corrected chi connectivity index (χ2v) is 4.97. The van der Waals surface area contributed by atoms with Crippen LogP contribution >= 0.6 is 15.9 Å². The summed E-state index contributed by atoms with van der Waals surface area (Å²) in [6.07, 6.45) is 0.984. The van der Waals surface area contributed by atoms with Crippen LogP contribution in [0.3, 0.4) is 0 Å². The molecule has 0 aliphatic carbocycles. The summed E-state index contributed by atoms with van der Waals surface area (Å²) in [4.78, 5) is 33.8. The van der Waals surface area contributed by atoms with Gasteiger partial charge in [-0.15, -0.1) is 0 Å². The number of amides is 3. The lowest BCUT2D eigenvalue weighted by Gasteiger charge is -2.17. The highest BCUT2D eigenvalue weighted by atomic mass is 79.9. The summed E-state index contributed by atoms with van der Waals surface area (Å²) in [5.41, 5.74) is 5.16. The SMILES string of the molecule is C=C(Br)C[C@H](NC(=O)[C@H]1CCC(=O)N1)C(N)=O. The van der Waals surface area contributed by atoms with Crippen LogP contribution in [-0.2, 0) is 14.4 Å². The quantitative estimate of drug-likeness (QED) is 0.640. The van der Waals surface area contributed by atoms with Gasteiger partial charge in [-0.25, -0.2) is 0 Å². The number of nitrogens with two attached hydrogens (primary N) is 1. The fourth-order valence-electron chi connectivity index (χ4n) is 1.53. The Kier molecular flexibility index (Phi) is 4.68. The molecule has 4 N–H and O–H groups in total. The summed E-state index contributed by atoms with van der Waals surface area (Å²) in [5.74, 6) is -1.19. The predicted octanol–water partition coefficient (Wildman–Crippen LogP) is -0.466. The molecule has 0 aromatic rings. The molecule has 6 nitrogen and oxygen atoms in total. The first kappa shape index (κ1) is 13.7. The van der Waals surface area contributed by atoms with Gasteiger partial charge >= 0.3 is 0 Å². The highest BCUT2D eigenvalue weighted by molar-refractivity contribution is 9.11. The Labute approximate surface area is 107 Å². The summed E-state index contributed by atoms with van der Waals surface area (Å²) in [7, 11) is 0. The van der Waals surface area contributed by atoms with E-state index < -0.39 is 23.9 Å². The molecular formula is C10H14BrN3O3. The second-order valence-electron chi connectivity index (χ2n) is 3.84. The van der Waals surface area contributed by atoms with Gasteiger partial charge in [0.25, 0.3) is 0 Å². The molecule has 1 heterocycles. The molecule has 2 atom stereocenters. The molecule has 0 saturated carbocycles. The third-order valence-corrected chi connectivity index (χ3v) is 2.72. The zero-order chi connectivity index (χ0) is 13.0. The molecule has 0 aromatic carbocycles. The molecule has 3 amide bonds. The Balaban J connectivity index is 2.55. The highest BCUT2D eigenvalue weighted by Gasteiger charge is 2.29. The van der Waals surface area contributed by atoms with Crippen LogP contribution in [0.25, 0.3) is 0 Å². The molecule has 0 unspecified atom stereocenters. The largest absolute Gasteiger partial charge is 0.368 e. The van der Waals surface area contributed by atoms with Crippen molar-refractivity contribution in [1.29, 1.82) is 0 Å². The normalized spacial score (nSPS) is 20.5. The van der Waals surface area contributed by atoms with E-state index in [0.717, 1.165) is 0 Å². The molecule has 0 bridgehead atoms. The number of rotatable bonds is 5. The molecule has 1 rings (SSSR count). The minimum atomic E-state index is -0.813. The minimum absolute atomic E-state index is 0.161. The molecule has 0 aromatic heterocycles. The number of primary amides is 1. The van der Waals surface area contributed by atoms with Crippen LogP contribution < -0.4 is 16.4 Å². The van der Waals surface area contributed by atoms with Gasteiger partial charge in [0.2, 0.25) is 17.7 Å². The monoisotopic (exact) mass is 303 g/mol. The maximum absolute atomic E-state index is 11.7. The molecule has 7 heteroatoms. The first-order valence-electron chi connectivity index (χ1n) is 5.12. The van der Waals surface area contributed by atoms with Gasteiger partial charge < -0.3 is 16.4 Å². The summed E-state index contributed by atoms with van der Waals surface area (Å²) in [6, 6.07) is -1.39. The molecule has 17 heavy (non-hydrogen) atoms. The molecule has 0 spiro atoms. The van der Waals surface area contributed by atoms with Crippen molar-refractivity contribution < 1.29 is 14.4 Å². The van der Waals surface area contributed by atoms with Crippen molar-refractivity contribution in [2.75, 3.05) is 0 Å². The Hall–Kier alpha value is -1.37. The average Bonchev–Trinajstić information content (AvgIpc) is 2.63. The summed E-state index contributed by atoms with van der Waals surface area (Å²) >= 11 is 3.10. The van der Waals surface area contributed by atoms with Crippen LogP contribution in [0.15, 0.2) is 11.1 Å². The third-order valence-electron chi connectivity index (χ3n) is 2.40. The van der Waals surface area contributed by atoms with Gasteiger partial charge in [0, 0.05) is 12.8 Å². The first-order valence-corrected chi connectivity index (χ1v) is 5.91. The third kappa shape index (κ3) is 4.18. The average molecular weight is 304 g/mol. The van der Waals surface area contributed by atoms with E-state index in [1.807, 2.05) is 0 Å². The van der Waals surface area contributed by atoms with Crippen molar-refractivity contribution in [2.45, 2.75) is 31.3 Å². The van der Waals surface area contributed by atoms with Gasteiger partial charge in [-0.2, -0.15) is 0 Å². The summed E-state index contributed by atoms with van der Waals surface area (Å²) < 4.78 is 0.567. The summed E-state index contributed by atoms with van der Waals surface area (Å²) in [5, 5.41) is 5.01. The van der Waals surface area contributed by atoms with Crippen LogP contribution in [0.4, 0.5) is 0 Å². The minimum Gasteiger partial charge on any atom is -0.368 e. The Morgan fingerprint density at radius 1 is 1.65 bits per heavy atom. The van der Waals surface area contributed by atoms with E-state index in [0.29, 0.717) is 17.3 Å². The fraction of sp³-hybridized carbons (Fsp3) is 0.500. The Morgan fingerprint density at radius 2 is 2.29 bits per heavy atom. The molecule has 1 aliphatic rings. The smallest absolute Gasteiger partial charge is 0.243 e. The Bertz CT molecular complexity index is 370. The van der Waals surface area contributed by atoms with Crippen molar-refractivity contribution in [3.8, 4) is 0 Å². The van der Waals surface area contributed by atoms with E-state index in [4.69, 9.17) is 5.73 Å². The highest BCUT2D eigenvalue weighted by Crippen LogP contribution is 2.11. The van der Waals surface area contributed by atoms with Gasteiger partial charge in [-0.05, 0) is 10.9 Å². The molecule has 94 valence electrons. The predicted molar refractivity (Wildman–Crippen MR) is 65.0 cm³/mol. The number of carbonyl (C=O) groups excluding carboxylic acids is 3. The molecule has 0 radical (unpaired) electrons. The fourth-order valence-corrected chi connectivity index (χ4v) is 1.85. The van der Waals surface area contributed by atoms with Gasteiger partial charge in [0.15, 0.2) is 0 Å². The first-order chi connectivity index (χ1) is 7.90. The van der Waals surface area contributed by atoms with Crippen LogP contribution in [-0.4, -0.2) is 29.8 Å². The van der Waals surface area contributed by atoms with Crippen LogP contribution in [0.5, 0.6) is 0 Å². The van der Waals surface area contributed by atoms with Gasteiger partial charge in [0.1, 0.15) is 12.1 Å². The van der Waals surface area contributed by atoms with Crippen molar-refractivity contribution in [3.63, 3.8) is 0 Å².